The van der Waals surface area contributed by atoms with E-state index in [1.165, 1.54) is 0 Å². The van der Waals surface area contributed by atoms with Gasteiger partial charge >= 0.3 is 0 Å². The van der Waals surface area contributed by atoms with Crippen molar-refractivity contribution < 1.29 is 4.74 Å². The highest BCUT2D eigenvalue weighted by Crippen LogP contribution is 1.81. The first-order chi connectivity index (χ1) is 5.31. The summed E-state index contributed by atoms with van der Waals surface area (Å²) in [6.45, 7) is 8.19. The minimum absolute atomic E-state index is 0.316. The van der Waals surface area contributed by atoms with E-state index in [1.54, 1.807) is 7.11 Å². The zero-order chi connectivity index (χ0) is 8.53. The lowest BCUT2D eigenvalue weighted by Gasteiger charge is -2.10. The van der Waals surface area contributed by atoms with Crippen molar-refractivity contribution in [1.29, 1.82) is 0 Å². The molecule has 0 heterocycles. The summed E-state index contributed by atoms with van der Waals surface area (Å²) >= 11 is 0. The molecule has 3 nitrogen and oxygen atoms in total. The molecule has 0 saturated heterocycles. The maximum Gasteiger partial charge on any atom is 0.0667 e. The first-order valence-electron chi connectivity index (χ1n) is 4.25. The zero-order valence-electron chi connectivity index (χ0n) is 7.81. The second-order valence-electron chi connectivity index (χ2n) is 2.60. The first kappa shape index (κ1) is 10.9. The molecule has 2 N–H and O–H groups in total. The SMILES string of the molecule is CCNCCNCC(C)OC. The molecule has 1 atom stereocenters. The fraction of sp³-hybridized carbons (Fsp3) is 1.00. The topological polar surface area (TPSA) is 33.3 Å². The molecule has 0 radical (unpaired) electrons. The molecule has 0 fully saturated rings. The highest BCUT2D eigenvalue weighted by molar-refractivity contribution is 4.55. The summed E-state index contributed by atoms with van der Waals surface area (Å²) in [7, 11) is 1.73. The Morgan fingerprint density at radius 1 is 1.27 bits per heavy atom. The molecule has 0 aliphatic carbocycles. The Balaban J connectivity index is 2.89. The molecular formula is C8H20N2O. The van der Waals surface area contributed by atoms with E-state index in [0.29, 0.717) is 6.10 Å². The maximum absolute atomic E-state index is 5.07. The number of rotatable bonds is 7. The van der Waals surface area contributed by atoms with Gasteiger partial charge in [-0.1, -0.05) is 6.92 Å². The lowest BCUT2D eigenvalue weighted by molar-refractivity contribution is 0.117. The summed E-state index contributed by atoms with van der Waals surface area (Å²) in [5.74, 6) is 0. The van der Waals surface area contributed by atoms with Crippen LogP contribution >= 0.6 is 0 Å². The molecule has 0 aromatic carbocycles. The predicted molar refractivity (Wildman–Crippen MR) is 47.9 cm³/mol. The Kier molecular flexibility index (Phi) is 7.89. The van der Waals surface area contributed by atoms with Crippen LogP contribution < -0.4 is 10.6 Å². The molecule has 0 amide bonds. The van der Waals surface area contributed by atoms with E-state index in [9.17, 15) is 0 Å². The molecule has 0 saturated carbocycles. The zero-order valence-corrected chi connectivity index (χ0v) is 7.81. The average Bonchev–Trinajstić information content (AvgIpc) is 2.04. The third-order valence-corrected chi connectivity index (χ3v) is 1.56. The molecule has 0 aliphatic rings. The van der Waals surface area contributed by atoms with Gasteiger partial charge in [0.05, 0.1) is 6.10 Å². The molecule has 1 unspecified atom stereocenters. The largest absolute Gasteiger partial charge is 0.380 e. The predicted octanol–water partition coefficient (Wildman–Crippen LogP) is 0.220. The van der Waals surface area contributed by atoms with Gasteiger partial charge in [-0.25, -0.2) is 0 Å². The van der Waals surface area contributed by atoms with E-state index >= 15 is 0 Å². The van der Waals surface area contributed by atoms with Gasteiger partial charge in [-0.15, -0.1) is 0 Å². The molecule has 68 valence electrons. The minimum atomic E-state index is 0.316. The Morgan fingerprint density at radius 2 is 1.91 bits per heavy atom. The van der Waals surface area contributed by atoms with E-state index in [-0.39, 0.29) is 0 Å². The Morgan fingerprint density at radius 3 is 2.45 bits per heavy atom. The van der Waals surface area contributed by atoms with Gasteiger partial charge in [-0.05, 0) is 13.5 Å². The van der Waals surface area contributed by atoms with Crippen molar-refractivity contribution >= 4 is 0 Å². The third kappa shape index (κ3) is 7.78. The van der Waals surface area contributed by atoms with Gasteiger partial charge in [0.15, 0.2) is 0 Å². The van der Waals surface area contributed by atoms with Crippen LogP contribution in [0.2, 0.25) is 0 Å². The Hall–Kier alpha value is -0.120. The smallest absolute Gasteiger partial charge is 0.0667 e. The van der Waals surface area contributed by atoms with Crippen molar-refractivity contribution in [1.82, 2.24) is 10.6 Å². The molecule has 0 rings (SSSR count). The summed E-state index contributed by atoms with van der Waals surface area (Å²) < 4.78 is 5.07. The molecule has 0 bridgehead atoms. The van der Waals surface area contributed by atoms with Gasteiger partial charge in [-0.3, -0.25) is 0 Å². The lowest BCUT2D eigenvalue weighted by Crippen LogP contribution is -2.32. The number of likely N-dealkylation sites (N-methyl/N-ethyl adjacent to an activating group) is 1. The summed E-state index contributed by atoms with van der Waals surface area (Å²) in [4.78, 5) is 0. The molecule has 3 heteroatoms. The van der Waals surface area contributed by atoms with Crippen LogP contribution in [0.4, 0.5) is 0 Å². The van der Waals surface area contributed by atoms with Crippen LogP contribution in [0, 0.1) is 0 Å². The second-order valence-corrected chi connectivity index (χ2v) is 2.60. The van der Waals surface area contributed by atoms with Crippen LogP contribution in [0.1, 0.15) is 13.8 Å². The van der Waals surface area contributed by atoms with Crippen molar-refractivity contribution in [2.45, 2.75) is 20.0 Å². The van der Waals surface area contributed by atoms with Gasteiger partial charge < -0.3 is 15.4 Å². The number of ether oxygens (including phenoxy) is 1. The van der Waals surface area contributed by atoms with Crippen LogP contribution in [-0.4, -0.2) is 39.4 Å². The maximum atomic E-state index is 5.07. The molecule has 0 aromatic rings. The van der Waals surface area contributed by atoms with Crippen LogP contribution in [0.25, 0.3) is 0 Å². The van der Waals surface area contributed by atoms with E-state index in [2.05, 4.69) is 24.5 Å². The summed E-state index contributed by atoms with van der Waals surface area (Å²) in [6, 6.07) is 0. The molecule has 11 heavy (non-hydrogen) atoms. The van der Waals surface area contributed by atoms with Crippen molar-refractivity contribution in [3.8, 4) is 0 Å². The third-order valence-electron chi connectivity index (χ3n) is 1.56. The fourth-order valence-electron chi connectivity index (χ4n) is 0.742. The van der Waals surface area contributed by atoms with E-state index in [0.717, 1.165) is 26.2 Å². The molecular weight excluding hydrogens is 140 g/mol. The molecule has 0 aromatic heterocycles. The van der Waals surface area contributed by atoms with Gasteiger partial charge in [0, 0.05) is 26.7 Å². The van der Waals surface area contributed by atoms with Crippen molar-refractivity contribution in [3.05, 3.63) is 0 Å². The van der Waals surface area contributed by atoms with Crippen molar-refractivity contribution in [2.75, 3.05) is 33.3 Å². The molecule has 0 aliphatic heterocycles. The van der Waals surface area contributed by atoms with E-state index in [4.69, 9.17) is 4.74 Å². The van der Waals surface area contributed by atoms with Crippen LogP contribution in [-0.2, 0) is 4.74 Å². The van der Waals surface area contributed by atoms with E-state index < -0.39 is 0 Å². The van der Waals surface area contributed by atoms with E-state index in [1.807, 2.05) is 0 Å². The minimum Gasteiger partial charge on any atom is -0.380 e. The van der Waals surface area contributed by atoms with Gasteiger partial charge in [-0.2, -0.15) is 0 Å². The summed E-state index contributed by atoms with van der Waals surface area (Å²) in [5.41, 5.74) is 0. The summed E-state index contributed by atoms with van der Waals surface area (Å²) in [6.07, 6.45) is 0.316. The van der Waals surface area contributed by atoms with Crippen molar-refractivity contribution in [3.63, 3.8) is 0 Å². The van der Waals surface area contributed by atoms with Crippen LogP contribution in [0.3, 0.4) is 0 Å². The van der Waals surface area contributed by atoms with Gasteiger partial charge in [0.25, 0.3) is 0 Å². The standard InChI is InChI=1S/C8H20N2O/c1-4-9-5-6-10-7-8(2)11-3/h8-10H,4-7H2,1-3H3. The second kappa shape index (κ2) is 7.98. The highest BCUT2D eigenvalue weighted by Gasteiger charge is 1.95. The Bertz CT molecular complexity index is 78.5. The number of hydrogen-bond acceptors (Lipinski definition) is 3. The van der Waals surface area contributed by atoms with Crippen LogP contribution in [0.5, 0.6) is 0 Å². The van der Waals surface area contributed by atoms with Gasteiger partial charge in [0.2, 0.25) is 0 Å². The molecule has 0 spiro atoms. The fourth-order valence-corrected chi connectivity index (χ4v) is 0.742. The first-order valence-corrected chi connectivity index (χ1v) is 4.25. The normalized spacial score (nSPS) is 13.4. The van der Waals surface area contributed by atoms with Crippen LogP contribution in [0.15, 0.2) is 0 Å². The lowest BCUT2D eigenvalue weighted by atomic mass is 10.4. The number of hydrogen-bond donors (Lipinski definition) is 2. The van der Waals surface area contributed by atoms with Crippen molar-refractivity contribution in [2.24, 2.45) is 0 Å². The average molecular weight is 160 g/mol. The number of methoxy groups -OCH3 is 1. The quantitative estimate of drug-likeness (QED) is 0.523. The number of nitrogens with one attached hydrogen (secondary N) is 2. The Labute approximate surface area is 69.5 Å². The summed E-state index contributed by atoms with van der Waals surface area (Å²) in [5, 5.41) is 6.52. The van der Waals surface area contributed by atoms with Gasteiger partial charge in [0.1, 0.15) is 0 Å². The monoisotopic (exact) mass is 160 g/mol. The highest BCUT2D eigenvalue weighted by atomic mass is 16.5.